The Labute approximate surface area is 146 Å². The minimum absolute atomic E-state index is 0.281. The summed E-state index contributed by atoms with van der Waals surface area (Å²) in [4.78, 5) is 23.8. The number of methoxy groups -OCH3 is 1. The van der Waals surface area contributed by atoms with Crippen LogP contribution in [0.2, 0.25) is 0 Å². The topological polar surface area (TPSA) is 73.9 Å². The van der Waals surface area contributed by atoms with Crippen LogP contribution >= 0.6 is 0 Å². The Morgan fingerprint density at radius 1 is 1.00 bits per heavy atom. The lowest BCUT2D eigenvalue weighted by Gasteiger charge is -2.11. The smallest absolute Gasteiger partial charge is 0.342 e. The van der Waals surface area contributed by atoms with Gasteiger partial charge >= 0.3 is 5.97 Å². The summed E-state index contributed by atoms with van der Waals surface area (Å²) >= 11 is 0. The molecule has 0 spiro atoms. The molecule has 0 atom stereocenters. The fourth-order valence-electron chi connectivity index (χ4n) is 2.05. The molecule has 0 unspecified atom stereocenters. The minimum Gasteiger partial charge on any atom is -0.488 e. The van der Waals surface area contributed by atoms with Gasteiger partial charge in [-0.05, 0) is 17.7 Å². The van der Waals surface area contributed by atoms with Gasteiger partial charge in [0.1, 0.15) is 17.9 Å². The van der Waals surface area contributed by atoms with Crippen LogP contribution in [0.15, 0.2) is 54.6 Å². The van der Waals surface area contributed by atoms with Crippen molar-refractivity contribution in [2.45, 2.75) is 6.61 Å². The van der Waals surface area contributed by atoms with Crippen LogP contribution in [0.5, 0.6) is 5.75 Å². The van der Waals surface area contributed by atoms with Gasteiger partial charge in [0.2, 0.25) is 0 Å². The molecule has 2 rings (SSSR count). The predicted octanol–water partition coefficient (Wildman–Crippen LogP) is 2.18. The van der Waals surface area contributed by atoms with Gasteiger partial charge in [-0.25, -0.2) is 4.79 Å². The van der Waals surface area contributed by atoms with Gasteiger partial charge in [-0.3, -0.25) is 4.79 Å². The number of carbonyl (C=O) groups is 2. The average molecular weight is 343 g/mol. The number of esters is 1. The van der Waals surface area contributed by atoms with E-state index in [0.29, 0.717) is 25.5 Å². The van der Waals surface area contributed by atoms with Crippen LogP contribution in [0.25, 0.3) is 0 Å². The number of benzene rings is 2. The van der Waals surface area contributed by atoms with Crippen molar-refractivity contribution in [3.8, 4) is 5.75 Å². The summed E-state index contributed by atoms with van der Waals surface area (Å²) in [7, 11) is 1.54. The van der Waals surface area contributed by atoms with Crippen molar-refractivity contribution in [3.05, 3.63) is 65.7 Å². The number of para-hydroxylation sites is 1. The molecule has 25 heavy (non-hydrogen) atoms. The standard InChI is InChI=1S/C19H21NO5/c1-23-12-11-20-18(21)14-25-19(22)16-9-5-6-10-17(16)24-13-15-7-3-2-4-8-15/h2-10H,11-14H2,1H3,(H,20,21). The summed E-state index contributed by atoms with van der Waals surface area (Å²) in [6.07, 6.45) is 0. The predicted molar refractivity (Wildman–Crippen MR) is 92.4 cm³/mol. The lowest BCUT2D eigenvalue weighted by Crippen LogP contribution is -2.31. The van der Waals surface area contributed by atoms with Gasteiger partial charge in [0.05, 0.1) is 6.61 Å². The summed E-state index contributed by atoms with van der Waals surface area (Å²) in [6.45, 7) is 0.748. The summed E-state index contributed by atoms with van der Waals surface area (Å²) in [5.41, 5.74) is 1.27. The molecule has 0 aliphatic heterocycles. The second kappa shape index (κ2) is 10.1. The second-order valence-corrected chi connectivity index (χ2v) is 5.19. The normalized spacial score (nSPS) is 10.1. The lowest BCUT2D eigenvalue weighted by atomic mass is 10.2. The number of hydrogen-bond acceptors (Lipinski definition) is 5. The zero-order chi connectivity index (χ0) is 17.9. The molecule has 0 aromatic heterocycles. The van der Waals surface area contributed by atoms with Crippen LogP contribution in [0.3, 0.4) is 0 Å². The molecule has 0 aliphatic carbocycles. The molecule has 132 valence electrons. The van der Waals surface area contributed by atoms with E-state index in [1.807, 2.05) is 30.3 Å². The van der Waals surface area contributed by atoms with Crippen LogP contribution in [0.4, 0.5) is 0 Å². The van der Waals surface area contributed by atoms with E-state index in [2.05, 4.69) is 5.32 Å². The quantitative estimate of drug-likeness (QED) is 0.558. The SMILES string of the molecule is COCCNC(=O)COC(=O)c1ccccc1OCc1ccccc1. The first-order valence-electron chi connectivity index (χ1n) is 7.89. The highest BCUT2D eigenvalue weighted by Crippen LogP contribution is 2.20. The molecule has 2 aromatic rings. The Kier molecular flexibility index (Phi) is 7.46. The zero-order valence-electron chi connectivity index (χ0n) is 14.1. The van der Waals surface area contributed by atoms with Crippen molar-refractivity contribution >= 4 is 11.9 Å². The van der Waals surface area contributed by atoms with Crippen molar-refractivity contribution in [1.29, 1.82) is 0 Å². The molecule has 0 radical (unpaired) electrons. The van der Waals surface area contributed by atoms with Gasteiger partial charge in [0, 0.05) is 13.7 Å². The van der Waals surface area contributed by atoms with Gasteiger partial charge < -0.3 is 19.5 Å². The zero-order valence-corrected chi connectivity index (χ0v) is 14.1. The summed E-state index contributed by atoms with van der Waals surface area (Å²) in [6, 6.07) is 16.4. The Morgan fingerprint density at radius 3 is 2.48 bits per heavy atom. The second-order valence-electron chi connectivity index (χ2n) is 5.19. The van der Waals surface area contributed by atoms with E-state index in [1.165, 1.54) is 0 Å². The molecule has 2 aromatic carbocycles. The highest BCUT2D eigenvalue weighted by Gasteiger charge is 2.15. The Bertz CT molecular complexity index is 687. The minimum atomic E-state index is -0.606. The van der Waals surface area contributed by atoms with Crippen molar-refractivity contribution in [2.24, 2.45) is 0 Å². The van der Waals surface area contributed by atoms with Crippen LogP contribution in [0.1, 0.15) is 15.9 Å². The third-order valence-corrected chi connectivity index (χ3v) is 3.31. The third-order valence-electron chi connectivity index (χ3n) is 3.31. The fraction of sp³-hybridized carbons (Fsp3) is 0.263. The number of amides is 1. The molecule has 6 heteroatoms. The van der Waals surface area contributed by atoms with Gasteiger partial charge in [-0.15, -0.1) is 0 Å². The monoisotopic (exact) mass is 343 g/mol. The van der Waals surface area contributed by atoms with Gasteiger partial charge in [0.25, 0.3) is 5.91 Å². The lowest BCUT2D eigenvalue weighted by molar-refractivity contribution is -0.124. The van der Waals surface area contributed by atoms with Gasteiger partial charge in [-0.1, -0.05) is 42.5 Å². The van der Waals surface area contributed by atoms with Crippen molar-refractivity contribution in [1.82, 2.24) is 5.32 Å². The average Bonchev–Trinajstić information content (AvgIpc) is 2.66. The third kappa shape index (κ3) is 6.27. The number of rotatable bonds is 9. The van der Waals surface area contributed by atoms with Crippen LogP contribution < -0.4 is 10.1 Å². The first-order valence-corrected chi connectivity index (χ1v) is 7.89. The first kappa shape index (κ1) is 18.5. The van der Waals surface area contributed by atoms with Gasteiger partial charge in [0.15, 0.2) is 6.61 Å². The van der Waals surface area contributed by atoms with Crippen LogP contribution in [-0.2, 0) is 20.9 Å². The maximum Gasteiger partial charge on any atom is 0.342 e. The van der Waals surface area contributed by atoms with E-state index in [4.69, 9.17) is 14.2 Å². The van der Waals surface area contributed by atoms with E-state index in [0.717, 1.165) is 5.56 Å². The van der Waals surface area contributed by atoms with E-state index >= 15 is 0 Å². The molecular weight excluding hydrogens is 322 g/mol. The molecule has 1 amide bonds. The first-order chi connectivity index (χ1) is 12.2. The molecule has 6 nitrogen and oxygen atoms in total. The van der Waals surface area contributed by atoms with Gasteiger partial charge in [-0.2, -0.15) is 0 Å². The summed E-state index contributed by atoms with van der Waals surface area (Å²) in [5, 5.41) is 2.58. The highest BCUT2D eigenvalue weighted by molar-refractivity contribution is 5.93. The van der Waals surface area contributed by atoms with E-state index in [1.54, 1.807) is 31.4 Å². The van der Waals surface area contributed by atoms with Crippen molar-refractivity contribution in [2.75, 3.05) is 26.9 Å². The Hall–Kier alpha value is -2.86. The van der Waals surface area contributed by atoms with Crippen molar-refractivity contribution < 1.29 is 23.8 Å². The molecule has 0 bridgehead atoms. The molecule has 1 N–H and O–H groups in total. The number of carbonyl (C=O) groups excluding carboxylic acids is 2. The van der Waals surface area contributed by atoms with Crippen LogP contribution in [0, 0.1) is 0 Å². The van der Waals surface area contributed by atoms with Crippen LogP contribution in [-0.4, -0.2) is 38.7 Å². The molecular formula is C19H21NO5. The number of hydrogen-bond donors (Lipinski definition) is 1. The van der Waals surface area contributed by atoms with E-state index < -0.39 is 5.97 Å². The Balaban J connectivity index is 1.90. The molecule has 0 saturated heterocycles. The maximum atomic E-state index is 12.2. The van der Waals surface area contributed by atoms with Crippen molar-refractivity contribution in [3.63, 3.8) is 0 Å². The Morgan fingerprint density at radius 2 is 1.72 bits per heavy atom. The molecule has 0 heterocycles. The van der Waals surface area contributed by atoms with E-state index in [-0.39, 0.29) is 18.1 Å². The number of ether oxygens (including phenoxy) is 3. The highest BCUT2D eigenvalue weighted by atomic mass is 16.5. The largest absolute Gasteiger partial charge is 0.488 e. The number of nitrogens with one attached hydrogen (secondary N) is 1. The summed E-state index contributed by atoms with van der Waals surface area (Å²) < 4.78 is 15.6. The van der Waals surface area contributed by atoms with E-state index in [9.17, 15) is 9.59 Å². The molecule has 0 saturated carbocycles. The fourth-order valence-corrected chi connectivity index (χ4v) is 2.05. The summed E-state index contributed by atoms with van der Waals surface area (Å²) in [5.74, 6) is -0.574. The molecule has 0 fully saturated rings. The maximum absolute atomic E-state index is 12.2. The molecule has 0 aliphatic rings.